The summed E-state index contributed by atoms with van der Waals surface area (Å²) in [5.74, 6) is 0.408. The normalized spacial score (nSPS) is 16.8. The van der Waals surface area contributed by atoms with Gasteiger partial charge in [0.15, 0.2) is 0 Å². The zero-order valence-electron chi connectivity index (χ0n) is 14.3. The summed E-state index contributed by atoms with van der Waals surface area (Å²) < 4.78 is 1.73. The Morgan fingerprint density at radius 3 is 2.88 bits per heavy atom. The van der Waals surface area contributed by atoms with Gasteiger partial charge in [-0.2, -0.15) is 5.10 Å². The molecule has 1 amide bonds. The van der Waals surface area contributed by atoms with Crippen molar-refractivity contribution in [3.8, 4) is 0 Å². The van der Waals surface area contributed by atoms with Crippen LogP contribution in [0.3, 0.4) is 0 Å². The molecule has 0 spiro atoms. The van der Waals surface area contributed by atoms with E-state index in [2.05, 4.69) is 16.1 Å². The van der Waals surface area contributed by atoms with E-state index in [4.69, 9.17) is 11.6 Å². The first kappa shape index (κ1) is 16.8. The fraction of sp³-hybridized carbons (Fsp3) is 0.250. The van der Waals surface area contributed by atoms with Crippen LogP contribution < -0.4 is 0 Å². The van der Waals surface area contributed by atoms with E-state index < -0.39 is 0 Å². The lowest BCUT2D eigenvalue weighted by molar-refractivity contribution is 0.0789. The summed E-state index contributed by atoms with van der Waals surface area (Å²) in [6.07, 6.45) is 4.12. The van der Waals surface area contributed by atoms with Gasteiger partial charge in [-0.25, -0.2) is 9.67 Å². The quantitative estimate of drug-likeness (QED) is 0.708. The molecule has 4 rings (SSSR count). The second-order valence-corrected chi connectivity index (χ2v) is 6.98. The molecular weight excluding hydrogens is 348 g/mol. The summed E-state index contributed by atoms with van der Waals surface area (Å²) in [6, 6.07) is 15.6. The maximum Gasteiger partial charge on any atom is 0.254 e. The molecule has 2 aromatic carbocycles. The van der Waals surface area contributed by atoms with E-state index in [0.29, 0.717) is 12.5 Å². The first-order chi connectivity index (χ1) is 12.7. The molecular formula is C20H19ClN4O. The van der Waals surface area contributed by atoms with E-state index in [9.17, 15) is 4.79 Å². The van der Waals surface area contributed by atoms with Crippen LogP contribution in [0.25, 0.3) is 0 Å². The number of carbonyl (C=O) groups excluding carboxylic acids is 1. The molecule has 0 bridgehead atoms. The van der Waals surface area contributed by atoms with Gasteiger partial charge in [0.2, 0.25) is 0 Å². The number of hydrogen-bond acceptors (Lipinski definition) is 3. The lowest BCUT2D eigenvalue weighted by Crippen LogP contribution is -2.29. The first-order valence-corrected chi connectivity index (χ1v) is 9.03. The van der Waals surface area contributed by atoms with Crippen molar-refractivity contribution < 1.29 is 4.79 Å². The van der Waals surface area contributed by atoms with Crippen LogP contribution in [0.2, 0.25) is 5.02 Å². The maximum atomic E-state index is 13.1. The zero-order chi connectivity index (χ0) is 17.9. The van der Waals surface area contributed by atoms with Crippen molar-refractivity contribution in [1.82, 2.24) is 19.7 Å². The number of halogens is 1. The summed E-state index contributed by atoms with van der Waals surface area (Å²) >= 11 is 6.11. The van der Waals surface area contributed by atoms with Crippen molar-refractivity contribution in [1.29, 1.82) is 0 Å². The molecule has 1 aliphatic rings. The van der Waals surface area contributed by atoms with Crippen LogP contribution in [0.4, 0.5) is 0 Å². The van der Waals surface area contributed by atoms with Crippen LogP contribution in [0.1, 0.15) is 33.8 Å². The Bertz CT molecular complexity index is 910. The van der Waals surface area contributed by atoms with Gasteiger partial charge in [-0.1, -0.05) is 41.9 Å². The number of carbonyl (C=O) groups is 1. The van der Waals surface area contributed by atoms with Crippen molar-refractivity contribution in [3.63, 3.8) is 0 Å². The number of aromatic nitrogens is 3. The van der Waals surface area contributed by atoms with Crippen molar-refractivity contribution in [2.45, 2.75) is 18.9 Å². The average Bonchev–Trinajstić information content (AvgIpc) is 3.34. The van der Waals surface area contributed by atoms with Crippen molar-refractivity contribution in [3.05, 3.63) is 82.9 Å². The number of benzene rings is 2. The van der Waals surface area contributed by atoms with Crippen LogP contribution in [-0.2, 0) is 6.54 Å². The first-order valence-electron chi connectivity index (χ1n) is 8.66. The minimum atomic E-state index is 0.0743. The number of amides is 1. The average molecular weight is 367 g/mol. The molecule has 1 saturated heterocycles. The molecule has 1 aliphatic heterocycles. The summed E-state index contributed by atoms with van der Waals surface area (Å²) in [4.78, 5) is 19.0. The molecule has 1 aromatic heterocycles. The second kappa shape index (κ2) is 7.30. The van der Waals surface area contributed by atoms with Crippen molar-refractivity contribution in [2.75, 3.05) is 13.1 Å². The number of rotatable bonds is 4. The number of likely N-dealkylation sites (tertiary alicyclic amines) is 1. The molecule has 132 valence electrons. The molecule has 26 heavy (non-hydrogen) atoms. The van der Waals surface area contributed by atoms with Crippen molar-refractivity contribution in [2.24, 2.45) is 0 Å². The molecule has 0 saturated carbocycles. The van der Waals surface area contributed by atoms with Gasteiger partial charge in [-0.3, -0.25) is 4.79 Å². The third-order valence-corrected chi connectivity index (χ3v) is 5.08. The molecule has 5 nitrogen and oxygen atoms in total. The SMILES string of the molecule is O=C(c1ccccc1Cn1cncn1)N1CCC(c2cccc(Cl)c2)C1. The second-order valence-electron chi connectivity index (χ2n) is 6.54. The van der Waals surface area contributed by atoms with Crippen LogP contribution in [0, 0.1) is 0 Å². The minimum absolute atomic E-state index is 0.0743. The van der Waals surface area contributed by atoms with Crippen LogP contribution in [0.15, 0.2) is 61.2 Å². The van der Waals surface area contributed by atoms with E-state index in [0.717, 1.165) is 35.7 Å². The third kappa shape index (κ3) is 3.48. The summed E-state index contributed by atoms with van der Waals surface area (Å²) in [5.41, 5.74) is 2.88. The lowest BCUT2D eigenvalue weighted by Gasteiger charge is -2.19. The Morgan fingerprint density at radius 2 is 2.08 bits per heavy atom. The van der Waals surface area contributed by atoms with Gasteiger partial charge in [0.25, 0.3) is 5.91 Å². The third-order valence-electron chi connectivity index (χ3n) is 4.84. The zero-order valence-corrected chi connectivity index (χ0v) is 15.0. The highest BCUT2D eigenvalue weighted by Crippen LogP contribution is 2.30. The molecule has 3 aromatic rings. The van der Waals surface area contributed by atoms with E-state index in [1.807, 2.05) is 47.4 Å². The van der Waals surface area contributed by atoms with Gasteiger partial charge in [0, 0.05) is 29.6 Å². The highest BCUT2D eigenvalue weighted by molar-refractivity contribution is 6.30. The van der Waals surface area contributed by atoms with Gasteiger partial charge < -0.3 is 4.90 Å². The highest BCUT2D eigenvalue weighted by Gasteiger charge is 2.29. The maximum absolute atomic E-state index is 13.1. The minimum Gasteiger partial charge on any atom is -0.338 e. The van der Waals surface area contributed by atoms with Crippen LogP contribution in [0.5, 0.6) is 0 Å². The molecule has 1 atom stereocenters. The molecule has 1 unspecified atom stereocenters. The van der Waals surface area contributed by atoms with Gasteiger partial charge in [-0.05, 0) is 35.7 Å². The van der Waals surface area contributed by atoms with Gasteiger partial charge in [0.1, 0.15) is 12.7 Å². The van der Waals surface area contributed by atoms with Crippen molar-refractivity contribution >= 4 is 17.5 Å². The Balaban J connectivity index is 1.52. The molecule has 0 aliphatic carbocycles. The predicted molar refractivity (Wildman–Crippen MR) is 100 cm³/mol. The molecule has 6 heteroatoms. The smallest absolute Gasteiger partial charge is 0.254 e. The van der Waals surface area contributed by atoms with E-state index in [1.54, 1.807) is 11.0 Å². The van der Waals surface area contributed by atoms with Crippen LogP contribution in [-0.4, -0.2) is 38.7 Å². The lowest BCUT2D eigenvalue weighted by atomic mass is 9.99. The Labute approximate surface area is 157 Å². The number of hydrogen-bond donors (Lipinski definition) is 0. The van der Waals surface area contributed by atoms with Gasteiger partial charge in [0.05, 0.1) is 6.54 Å². The van der Waals surface area contributed by atoms with Gasteiger partial charge in [-0.15, -0.1) is 0 Å². The Morgan fingerprint density at radius 1 is 1.19 bits per heavy atom. The fourth-order valence-corrected chi connectivity index (χ4v) is 3.70. The van der Waals surface area contributed by atoms with E-state index >= 15 is 0 Å². The van der Waals surface area contributed by atoms with Gasteiger partial charge >= 0.3 is 0 Å². The monoisotopic (exact) mass is 366 g/mol. The largest absolute Gasteiger partial charge is 0.338 e. The fourth-order valence-electron chi connectivity index (χ4n) is 3.50. The summed E-state index contributed by atoms with van der Waals surface area (Å²) in [7, 11) is 0. The summed E-state index contributed by atoms with van der Waals surface area (Å²) in [5, 5.41) is 4.88. The topological polar surface area (TPSA) is 51.0 Å². The standard InChI is InChI=1S/C20H19ClN4O/c21-18-6-3-5-15(10-18)16-8-9-24(11-16)20(26)19-7-2-1-4-17(19)12-25-14-22-13-23-25/h1-7,10,13-14,16H,8-9,11-12H2. The molecule has 0 N–H and O–H groups in total. The predicted octanol–water partition coefficient (Wildman–Crippen LogP) is 3.61. The summed E-state index contributed by atoms with van der Waals surface area (Å²) in [6.45, 7) is 2.01. The molecule has 2 heterocycles. The Kier molecular flexibility index (Phi) is 4.71. The number of nitrogens with zero attached hydrogens (tertiary/aromatic N) is 4. The van der Waals surface area contributed by atoms with Crippen LogP contribution >= 0.6 is 11.6 Å². The molecule has 1 fully saturated rings. The Hall–Kier alpha value is -2.66. The van der Waals surface area contributed by atoms with E-state index in [1.165, 1.54) is 11.9 Å². The highest BCUT2D eigenvalue weighted by atomic mass is 35.5. The molecule has 0 radical (unpaired) electrons. The van der Waals surface area contributed by atoms with E-state index in [-0.39, 0.29) is 5.91 Å².